The van der Waals surface area contributed by atoms with E-state index in [9.17, 15) is 4.79 Å². The zero-order chi connectivity index (χ0) is 18.1. The molecule has 1 fully saturated rings. The molecule has 0 bridgehead atoms. The quantitative estimate of drug-likeness (QED) is 0.687. The van der Waals surface area contributed by atoms with Crippen LogP contribution in [0.3, 0.4) is 0 Å². The molecule has 1 aromatic carbocycles. The first kappa shape index (κ1) is 19.6. The van der Waals surface area contributed by atoms with Crippen molar-refractivity contribution in [3.8, 4) is 11.5 Å². The molecule has 1 saturated heterocycles. The van der Waals surface area contributed by atoms with E-state index in [1.165, 1.54) is 6.42 Å². The Morgan fingerprint density at radius 3 is 2.24 bits per heavy atom. The second-order valence-corrected chi connectivity index (χ2v) is 6.69. The molecule has 1 aliphatic rings. The molecule has 0 saturated carbocycles. The zero-order valence-corrected chi connectivity index (χ0v) is 15.9. The Morgan fingerprint density at radius 1 is 1.08 bits per heavy atom. The molecule has 2 rings (SSSR count). The van der Waals surface area contributed by atoms with Crippen molar-refractivity contribution in [3.05, 3.63) is 24.3 Å². The van der Waals surface area contributed by atoms with Crippen molar-refractivity contribution in [1.29, 1.82) is 0 Å². The van der Waals surface area contributed by atoms with Gasteiger partial charge in [-0.3, -0.25) is 4.79 Å². The van der Waals surface area contributed by atoms with Crippen LogP contribution in [-0.2, 0) is 4.79 Å². The standard InChI is InChI=1S/C20H32N2O3/c1-4-12-22-13-10-17(11-14-22)21(3)20(23)16-25-19-8-6-18(7-9-19)24-15-5-2/h6-9,17H,4-5,10-16H2,1-3H3. The van der Waals surface area contributed by atoms with E-state index in [2.05, 4.69) is 18.7 Å². The lowest BCUT2D eigenvalue weighted by atomic mass is 10.0. The van der Waals surface area contributed by atoms with Gasteiger partial charge in [-0.05, 0) is 56.5 Å². The number of piperidine rings is 1. The number of hydrogen-bond acceptors (Lipinski definition) is 4. The van der Waals surface area contributed by atoms with Crippen LogP contribution in [0.15, 0.2) is 24.3 Å². The van der Waals surface area contributed by atoms with E-state index in [4.69, 9.17) is 9.47 Å². The van der Waals surface area contributed by atoms with Gasteiger partial charge in [0.15, 0.2) is 6.61 Å². The number of amides is 1. The van der Waals surface area contributed by atoms with Gasteiger partial charge in [0, 0.05) is 26.2 Å². The number of hydrogen-bond donors (Lipinski definition) is 0. The summed E-state index contributed by atoms with van der Waals surface area (Å²) in [5, 5.41) is 0. The van der Waals surface area contributed by atoms with Crippen molar-refractivity contribution in [2.24, 2.45) is 0 Å². The Balaban J connectivity index is 1.74. The lowest BCUT2D eigenvalue weighted by Crippen LogP contribution is -2.47. The van der Waals surface area contributed by atoms with E-state index >= 15 is 0 Å². The molecular formula is C20H32N2O3. The molecule has 0 N–H and O–H groups in total. The van der Waals surface area contributed by atoms with Crippen LogP contribution in [0.25, 0.3) is 0 Å². The maximum atomic E-state index is 12.4. The molecule has 1 aliphatic heterocycles. The van der Waals surface area contributed by atoms with Gasteiger partial charge in [-0.2, -0.15) is 0 Å². The number of carbonyl (C=O) groups is 1. The average Bonchev–Trinajstić information content (AvgIpc) is 2.65. The van der Waals surface area contributed by atoms with Crippen molar-refractivity contribution >= 4 is 5.91 Å². The largest absolute Gasteiger partial charge is 0.494 e. The first-order valence-corrected chi connectivity index (χ1v) is 9.47. The molecule has 1 aromatic rings. The number of benzene rings is 1. The molecular weight excluding hydrogens is 316 g/mol. The summed E-state index contributed by atoms with van der Waals surface area (Å²) in [6.07, 6.45) is 4.27. The summed E-state index contributed by atoms with van der Waals surface area (Å²) in [6.45, 7) is 8.40. The zero-order valence-electron chi connectivity index (χ0n) is 15.9. The third-order valence-electron chi connectivity index (χ3n) is 4.70. The summed E-state index contributed by atoms with van der Waals surface area (Å²) in [4.78, 5) is 16.7. The lowest BCUT2D eigenvalue weighted by Gasteiger charge is -2.36. The van der Waals surface area contributed by atoms with E-state index in [1.807, 2.05) is 36.2 Å². The highest BCUT2D eigenvalue weighted by Gasteiger charge is 2.25. The van der Waals surface area contributed by atoms with Gasteiger partial charge in [0.05, 0.1) is 6.61 Å². The van der Waals surface area contributed by atoms with Crippen LogP contribution in [0.2, 0.25) is 0 Å². The van der Waals surface area contributed by atoms with Crippen LogP contribution in [0, 0.1) is 0 Å². The van der Waals surface area contributed by atoms with Crippen LogP contribution in [0.1, 0.15) is 39.5 Å². The second-order valence-electron chi connectivity index (χ2n) is 6.69. The SMILES string of the molecule is CCCOc1ccc(OCC(=O)N(C)C2CCN(CCC)CC2)cc1. The Bertz CT molecular complexity index is 510. The van der Waals surface area contributed by atoms with Gasteiger partial charge in [0.2, 0.25) is 0 Å². The molecule has 0 unspecified atom stereocenters. The Labute approximate surface area is 151 Å². The smallest absolute Gasteiger partial charge is 0.260 e. The summed E-state index contributed by atoms with van der Waals surface area (Å²) < 4.78 is 11.2. The van der Waals surface area contributed by atoms with Crippen molar-refractivity contribution in [2.45, 2.75) is 45.6 Å². The fraction of sp³-hybridized carbons (Fsp3) is 0.650. The molecule has 0 aliphatic carbocycles. The lowest BCUT2D eigenvalue weighted by molar-refractivity contribution is -0.135. The first-order valence-electron chi connectivity index (χ1n) is 9.47. The minimum absolute atomic E-state index is 0.0419. The highest BCUT2D eigenvalue weighted by molar-refractivity contribution is 5.77. The van der Waals surface area contributed by atoms with Crippen LogP contribution >= 0.6 is 0 Å². The summed E-state index contributed by atoms with van der Waals surface area (Å²) in [6, 6.07) is 7.78. The summed E-state index contributed by atoms with van der Waals surface area (Å²) in [5.74, 6) is 1.57. The number of ether oxygens (including phenoxy) is 2. The monoisotopic (exact) mass is 348 g/mol. The Morgan fingerprint density at radius 2 is 1.68 bits per heavy atom. The molecule has 0 aromatic heterocycles. The summed E-state index contributed by atoms with van der Waals surface area (Å²) in [5.41, 5.74) is 0. The fourth-order valence-corrected chi connectivity index (χ4v) is 3.15. The van der Waals surface area contributed by atoms with Gasteiger partial charge in [-0.15, -0.1) is 0 Å². The molecule has 0 radical (unpaired) electrons. The van der Waals surface area contributed by atoms with Crippen molar-refractivity contribution in [1.82, 2.24) is 9.80 Å². The predicted octanol–water partition coefficient (Wildman–Crippen LogP) is 3.19. The third kappa shape index (κ3) is 6.24. The number of rotatable bonds is 9. The first-order chi connectivity index (χ1) is 12.1. The summed E-state index contributed by atoms with van der Waals surface area (Å²) >= 11 is 0. The molecule has 5 nitrogen and oxygen atoms in total. The minimum atomic E-state index is 0.0419. The van der Waals surface area contributed by atoms with Gasteiger partial charge in [0.25, 0.3) is 5.91 Å². The number of likely N-dealkylation sites (N-methyl/N-ethyl adjacent to an activating group) is 1. The fourth-order valence-electron chi connectivity index (χ4n) is 3.15. The van der Waals surface area contributed by atoms with Crippen molar-refractivity contribution < 1.29 is 14.3 Å². The maximum absolute atomic E-state index is 12.4. The van der Waals surface area contributed by atoms with Crippen LogP contribution in [-0.4, -0.2) is 61.6 Å². The van der Waals surface area contributed by atoms with Gasteiger partial charge >= 0.3 is 0 Å². The van der Waals surface area contributed by atoms with Gasteiger partial charge in [0.1, 0.15) is 11.5 Å². The van der Waals surface area contributed by atoms with E-state index in [-0.39, 0.29) is 12.5 Å². The molecule has 1 heterocycles. The van der Waals surface area contributed by atoms with Crippen LogP contribution < -0.4 is 9.47 Å². The third-order valence-corrected chi connectivity index (χ3v) is 4.70. The molecule has 25 heavy (non-hydrogen) atoms. The topological polar surface area (TPSA) is 42.0 Å². The molecule has 0 spiro atoms. The normalized spacial score (nSPS) is 15.8. The average molecular weight is 348 g/mol. The van der Waals surface area contributed by atoms with Crippen molar-refractivity contribution in [3.63, 3.8) is 0 Å². The molecule has 140 valence electrons. The maximum Gasteiger partial charge on any atom is 0.260 e. The second kappa shape index (κ2) is 10.3. The molecule has 1 amide bonds. The number of nitrogens with zero attached hydrogens (tertiary/aromatic N) is 2. The van der Waals surface area contributed by atoms with E-state index < -0.39 is 0 Å². The highest BCUT2D eigenvalue weighted by atomic mass is 16.5. The van der Waals surface area contributed by atoms with Gasteiger partial charge < -0.3 is 19.3 Å². The summed E-state index contributed by atoms with van der Waals surface area (Å²) in [7, 11) is 1.90. The highest BCUT2D eigenvalue weighted by Crippen LogP contribution is 2.19. The number of likely N-dealkylation sites (tertiary alicyclic amines) is 1. The minimum Gasteiger partial charge on any atom is -0.494 e. The number of carbonyl (C=O) groups excluding carboxylic acids is 1. The predicted molar refractivity (Wildman–Crippen MR) is 100 cm³/mol. The van der Waals surface area contributed by atoms with E-state index in [0.29, 0.717) is 18.4 Å². The molecule has 5 heteroatoms. The Hall–Kier alpha value is -1.75. The Kier molecular flexibility index (Phi) is 8.06. The van der Waals surface area contributed by atoms with E-state index in [1.54, 1.807) is 0 Å². The molecule has 0 atom stereocenters. The van der Waals surface area contributed by atoms with Gasteiger partial charge in [-0.1, -0.05) is 13.8 Å². The van der Waals surface area contributed by atoms with Gasteiger partial charge in [-0.25, -0.2) is 0 Å². The van der Waals surface area contributed by atoms with Crippen LogP contribution in [0.4, 0.5) is 0 Å². The van der Waals surface area contributed by atoms with Crippen LogP contribution in [0.5, 0.6) is 11.5 Å². The van der Waals surface area contributed by atoms with Crippen molar-refractivity contribution in [2.75, 3.05) is 39.9 Å². The van der Waals surface area contributed by atoms with E-state index in [0.717, 1.165) is 44.6 Å².